The molecule has 0 bridgehead atoms. The Morgan fingerprint density at radius 1 is 1.06 bits per heavy atom. The van der Waals surface area contributed by atoms with E-state index in [2.05, 4.69) is 10.0 Å². The molecule has 0 spiro atoms. The third-order valence-electron chi connectivity index (χ3n) is 5.59. The predicted octanol–water partition coefficient (Wildman–Crippen LogP) is 4.92. The van der Waals surface area contributed by atoms with Gasteiger partial charge in [0.25, 0.3) is 10.0 Å². The number of ether oxygens (including phenoxy) is 1. The second kappa shape index (κ2) is 9.14. The van der Waals surface area contributed by atoms with Crippen molar-refractivity contribution in [3.63, 3.8) is 0 Å². The Morgan fingerprint density at radius 2 is 1.77 bits per heavy atom. The molecule has 35 heavy (non-hydrogen) atoms. The SMILES string of the molecule is COc1ccc2c(c1)/C(=C/C(=O)c1ccc(NS(=O)(=O)c3cc(F)ccc3F)cc1)NC(C)(C)C2. The van der Waals surface area contributed by atoms with Crippen molar-refractivity contribution in [2.75, 3.05) is 11.8 Å². The van der Waals surface area contributed by atoms with Crippen LogP contribution in [-0.2, 0) is 16.4 Å². The van der Waals surface area contributed by atoms with E-state index in [1.54, 1.807) is 7.11 Å². The van der Waals surface area contributed by atoms with Gasteiger partial charge >= 0.3 is 0 Å². The minimum atomic E-state index is -4.36. The first-order chi connectivity index (χ1) is 16.5. The Labute approximate surface area is 202 Å². The van der Waals surface area contributed by atoms with Crippen LogP contribution in [0.4, 0.5) is 14.5 Å². The summed E-state index contributed by atoms with van der Waals surface area (Å²) in [7, 11) is -2.78. The van der Waals surface area contributed by atoms with Crippen LogP contribution in [0, 0.1) is 11.6 Å². The molecule has 0 aliphatic carbocycles. The molecule has 0 radical (unpaired) electrons. The van der Waals surface area contributed by atoms with E-state index in [-0.39, 0.29) is 17.0 Å². The van der Waals surface area contributed by atoms with Gasteiger partial charge in [0, 0.05) is 34.1 Å². The van der Waals surface area contributed by atoms with E-state index in [1.807, 2.05) is 32.0 Å². The van der Waals surface area contributed by atoms with Gasteiger partial charge in [-0.2, -0.15) is 0 Å². The van der Waals surface area contributed by atoms with Gasteiger partial charge < -0.3 is 10.1 Å². The van der Waals surface area contributed by atoms with Gasteiger partial charge in [-0.15, -0.1) is 0 Å². The molecule has 1 aliphatic rings. The van der Waals surface area contributed by atoms with Gasteiger partial charge in [0.15, 0.2) is 5.78 Å². The van der Waals surface area contributed by atoms with Gasteiger partial charge in [-0.05, 0) is 80.4 Å². The van der Waals surface area contributed by atoms with Crippen molar-refractivity contribution < 1.29 is 26.7 Å². The number of anilines is 1. The van der Waals surface area contributed by atoms with E-state index < -0.39 is 26.6 Å². The number of hydrogen-bond donors (Lipinski definition) is 2. The molecular formula is C26H24F2N2O4S. The predicted molar refractivity (Wildman–Crippen MR) is 130 cm³/mol. The molecule has 3 aromatic carbocycles. The Balaban J connectivity index is 1.59. The Kier molecular flexibility index (Phi) is 6.38. The molecule has 0 aromatic heterocycles. The van der Waals surface area contributed by atoms with Crippen molar-refractivity contribution in [1.29, 1.82) is 0 Å². The van der Waals surface area contributed by atoms with Crippen LogP contribution >= 0.6 is 0 Å². The van der Waals surface area contributed by atoms with Crippen molar-refractivity contribution in [1.82, 2.24) is 5.32 Å². The highest BCUT2D eigenvalue weighted by molar-refractivity contribution is 7.92. The lowest BCUT2D eigenvalue weighted by Crippen LogP contribution is -2.43. The molecule has 1 aliphatic heterocycles. The number of methoxy groups -OCH3 is 1. The largest absolute Gasteiger partial charge is 0.497 e. The van der Waals surface area contributed by atoms with E-state index in [0.29, 0.717) is 23.1 Å². The molecule has 1 heterocycles. The van der Waals surface area contributed by atoms with Crippen LogP contribution < -0.4 is 14.8 Å². The molecule has 0 saturated heterocycles. The van der Waals surface area contributed by atoms with E-state index >= 15 is 0 Å². The lowest BCUT2D eigenvalue weighted by atomic mass is 9.85. The fourth-order valence-corrected chi connectivity index (χ4v) is 5.11. The summed E-state index contributed by atoms with van der Waals surface area (Å²) in [6, 6.07) is 13.6. The van der Waals surface area contributed by atoms with Crippen LogP contribution in [0.2, 0.25) is 0 Å². The summed E-state index contributed by atoms with van der Waals surface area (Å²) in [6.07, 6.45) is 2.28. The molecule has 0 fully saturated rings. The minimum absolute atomic E-state index is 0.102. The Hall–Kier alpha value is -3.72. The highest BCUT2D eigenvalue weighted by Crippen LogP contribution is 2.32. The average molecular weight is 499 g/mol. The molecule has 0 saturated carbocycles. The van der Waals surface area contributed by atoms with Crippen LogP contribution in [0.5, 0.6) is 5.75 Å². The number of carbonyl (C=O) groups is 1. The van der Waals surface area contributed by atoms with Gasteiger partial charge in [0.2, 0.25) is 0 Å². The second-order valence-corrected chi connectivity index (χ2v) is 10.5. The summed E-state index contributed by atoms with van der Waals surface area (Å²) in [6.45, 7) is 4.08. The van der Waals surface area contributed by atoms with E-state index in [4.69, 9.17) is 4.74 Å². The van der Waals surface area contributed by atoms with Gasteiger partial charge in [0.05, 0.1) is 7.11 Å². The van der Waals surface area contributed by atoms with Crippen LogP contribution in [-0.4, -0.2) is 26.8 Å². The van der Waals surface area contributed by atoms with Crippen molar-refractivity contribution >= 4 is 27.2 Å². The van der Waals surface area contributed by atoms with Crippen molar-refractivity contribution in [2.45, 2.75) is 30.7 Å². The third-order valence-corrected chi connectivity index (χ3v) is 6.99. The number of hydrogen-bond acceptors (Lipinski definition) is 5. The first-order valence-electron chi connectivity index (χ1n) is 10.8. The molecule has 0 amide bonds. The molecule has 182 valence electrons. The maximum atomic E-state index is 13.9. The minimum Gasteiger partial charge on any atom is -0.497 e. The number of carbonyl (C=O) groups excluding carboxylic acids is 1. The molecule has 6 nitrogen and oxygen atoms in total. The normalized spacial score (nSPS) is 15.7. The number of ketones is 1. The number of rotatable bonds is 6. The van der Waals surface area contributed by atoms with Crippen LogP contribution in [0.15, 0.2) is 71.6 Å². The van der Waals surface area contributed by atoms with Gasteiger partial charge in [-0.3, -0.25) is 9.52 Å². The molecule has 2 N–H and O–H groups in total. The molecule has 0 atom stereocenters. The summed E-state index contributed by atoms with van der Waals surface area (Å²) in [5.74, 6) is -1.56. The maximum absolute atomic E-state index is 13.9. The number of allylic oxidation sites excluding steroid dienone is 1. The van der Waals surface area contributed by atoms with Gasteiger partial charge in [-0.25, -0.2) is 17.2 Å². The van der Waals surface area contributed by atoms with Gasteiger partial charge in [-0.1, -0.05) is 6.07 Å². The van der Waals surface area contributed by atoms with Crippen molar-refractivity contribution in [3.8, 4) is 5.75 Å². The molecule has 0 unspecified atom stereocenters. The smallest absolute Gasteiger partial charge is 0.264 e. The summed E-state index contributed by atoms with van der Waals surface area (Å²) in [5, 5.41) is 3.40. The third kappa shape index (κ3) is 5.35. The number of fused-ring (bicyclic) bond motifs is 1. The van der Waals surface area contributed by atoms with E-state index in [1.165, 1.54) is 30.3 Å². The molecular weight excluding hydrogens is 474 g/mol. The zero-order chi connectivity index (χ0) is 25.4. The first-order valence-corrected chi connectivity index (χ1v) is 12.3. The van der Waals surface area contributed by atoms with Crippen molar-refractivity contribution in [2.24, 2.45) is 0 Å². The van der Waals surface area contributed by atoms with Gasteiger partial charge in [0.1, 0.15) is 22.3 Å². The highest BCUT2D eigenvalue weighted by atomic mass is 32.2. The molecule has 9 heteroatoms. The zero-order valence-corrected chi connectivity index (χ0v) is 20.2. The van der Waals surface area contributed by atoms with E-state index in [0.717, 1.165) is 29.7 Å². The lowest BCUT2D eigenvalue weighted by Gasteiger charge is -2.35. The number of halogens is 2. The number of benzene rings is 3. The fourth-order valence-electron chi connectivity index (χ4n) is 3.96. The zero-order valence-electron chi connectivity index (χ0n) is 19.4. The van der Waals surface area contributed by atoms with E-state index in [9.17, 15) is 22.0 Å². The number of nitrogens with one attached hydrogen (secondary N) is 2. The van der Waals surface area contributed by atoms with Crippen LogP contribution in [0.3, 0.4) is 0 Å². The first kappa shape index (κ1) is 24.4. The Morgan fingerprint density at radius 3 is 2.46 bits per heavy atom. The standard InChI is InChI=1S/C26H24F2N2O4S/c1-26(2)15-17-6-10-20(34-3)13-21(17)23(29-26)14-24(31)16-4-8-19(9-5-16)30-35(32,33)25-12-18(27)7-11-22(25)28/h4-14,29-30H,15H2,1-3H3/b23-14-. The summed E-state index contributed by atoms with van der Waals surface area (Å²) >= 11 is 0. The quantitative estimate of drug-likeness (QED) is 0.372. The summed E-state index contributed by atoms with van der Waals surface area (Å²) in [5.41, 5.74) is 2.78. The topological polar surface area (TPSA) is 84.5 Å². The molecule has 3 aromatic rings. The summed E-state index contributed by atoms with van der Waals surface area (Å²) < 4.78 is 59.8. The van der Waals surface area contributed by atoms with Crippen molar-refractivity contribution in [3.05, 3.63) is 95.1 Å². The van der Waals surface area contributed by atoms with Crippen LogP contribution in [0.1, 0.15) is 35.3 Å². The highest BCUT2D eigenvalue weighted by Gasteiger charge is 2.28. The average Bonchev–Trinajstić information content (AvgIpc) is 2.80. The lowest BCUT2D eigenvalue weighted by molar-refractivity contribution is 0.104. The monoisotopic (exact) mass is 498 g/mol. The summed E-state index contributed by atoms with van der Waals surface area (Å²) in [4.78, 5) is 12.2. The molecule has 4 rings (SSSR count). The van der Waals surface area contributed by atoms with Crippen LogP contribution in [0.25, 0.3) is 5.70 Å². The maximum Gasteiger partial charge on any atom is 0.264 e. The second-order valence-electron chi connectivity index (χ2n) is 8.89. The Bertz CT molecular complexity index is 1430. The fraction of sp³-hybridized carbons (Fsp3) is 0.192. The number of sulfonamides is 1.